The molecule has 1 aliphatic rings. The second-order valence-corrected chi connectivity index (χ2v) is 7.16. The fraction of sp³-hybridized carbons (Fsp3) is 0.200. The van der Waals surface area contributed by atoms with Crippen molar-refractivity contribution in [2.45, 2.75) is 0 Å². The molecule has 0 bridgehead atoms. The molecule has 0 saturated carbocycles. The van der Waals surface area contributed by atoms with Crippen LogP contribution in [0.3, 0.4) is 0 Å². The molecule has 0 aliphatic carbocycles. The lowest BCUT2D eigenvalue weighted by Crippen LogP contribution is -2.46. The molecule has 0 amide bonds. The van der Waals surface area contributed by atoms with E-state index in [1.165, 1.54) is 12.1 Å². The van der Waals surface area contributed by atoms with E-state index in [2.05, 4.69) is 14.8 Å². The molecule has 1 aliphatic heterocycles. The summed E-state index contributed by atoms with van der Waals surface area (Å²) in [5.41, 5.74) is 2.65. The molecule has 1 aromatic heterocycles. The van der Waals surface area contributed by atoms with Gasteiger partial charge in [-0.1, -0.05) is 23.2 Å². The summed E-state index contributed by atoms with van der Waals surface area (Å²) in [5, 5.41) is 1.13. The molecular formula is C20H17Cl2FN4. The largest absolute Gasteiger partial charge is 0.368 e. The smallest absolute Gasteiger partial charge is 0.147 e. The minimum absolute atomic E-state index is 0.263. The molecule has 138 valence electrons. The minimum atomic E-state index is -0.263. The Morgan fingerprint density at radius 2 is 1.52 bits per heavy atom. The van der Waals surface area contributed by atoms with E-state index in [-0.39, 0.29) is 5.82 Å². The highest BCUT2D eigenvalue weighted by atomic mass is 35.5. The fourth-order valence-electron chi connectivity index (χ4n) is 3.14. The number of rotatable bonds is 3. The quantitative estimate of drug-likeness (QED) is 0.622. The van der Waals surface area contributed by atoms with Gasteiger partial charge in [-0.2, -0.15) is 0 Å². The highest BCUT2D eigenvalue weighted by Gasteiger charge is 2.19. The van der Waals surface area contributed by atoms with Crippen molar-refractivity contribution in [1.82, 2.24) is 9.97 Å². The normalized spacial score (nSPS) is 14.5. The molecule has 2 heterocycles. The van der Waals surface area contributed by atoms with Crippen LogP contribution in [0.1, 0.15) is 0 Å². The van der Waals surface area contributed by atoms with Gasteiger partial charge in [0.15, 0.2) is 0 Å². The van der Waals surface area contributed by atoms with Gasteiger partial charge >= 0.3 is 0 Å². The zero-order chi connectivity index (χ0) is 18.8. The maximum Gasteiger partial charge on any atom is 0.147 e. The van der Waals surface area contributed by atoms with Crippen LogP contribution in [0.4, 0.5) is 15.9 Å². The number of benzene rings is 2. The molecule has 1 fully saturated rings. The number of anilines is 2. The lowest BCUT2D eigenvalue weighted by molar-refractivity contribution is 0.628. The van der Waals surface area contributed by atoms with Crippen molar-refractivity contribution in [3.8, 4) is 11.3 Å². The van der Waals surface area contributed by atoms with Crippen LogP contribution in [-0.4, -0.2) is 36.1 Å². The van der Waals surface area contributed by atoms with Crippen LogP contribution in [0.15, 0.2) is 54.9 Å². The molecule has 4 nitrogen and oxygen atoms in total. The third-order valence-corrected chi connectivity index (χ3v) is 5.37. The second-order valence-electron chi connectivity index (χ2n) is 6.34. The number of hydrogen-bond donors (Lipinski definition) is 0. The van der Waals surface area contributed by atoms with Crippen molar-refractivity contribution < 1.29 is 4.39 Å². The van der Waals surface area contributed by atoms with Crippen LogP contribution in [0.2, 0.25) is 10.0 Å². The molecular weight excluding hydrogens is 386 g/mol. The Labute approximate surface area is 167 Å². The highest BCUT2D eigenvalue weighted by molar-refractivity contribution is 6.42. The van der Waals surface area contributed by atoms with Crippen molar-refractivity contribution in [2.75, 3.05) is 36.0 Å². The van der Waals surface area contributed by atoms with Gasteiger partial charge in [-0.05, 0) is 42.5 Å². The van der Waals surface area contributed by atoms with Crippen LogP contribution in [0.25, 0.3) is 11.3 Å². The Balaban J connectivity index is 1.47. The molecule has 3 aromatic rings. The predicted octanol–water partition coefficient (Wildman–Crippen LogP) is 4.92. The van der Waals surface area contributed by atoms with Gasteiger partial charge in [0.05, 0.1) is 28.1 Å². The topological polar surface area (TPSA) is 32.3 Å². The van der Waals surface area contributed by atoms with Gasteiger partial charge < -0.3 is 9.80 Å². The summed E-state index contributed by atoms with van der Waals surface area (Å²) < 4.78 is 13.1. The Hall–Kier alpha value is -2.37. The highest BCUT2D eigenvalue weighted by Crippen LogP contribution is 2.28. The van der Waals surface area contributed by atoms with Crippen LogP contribution in [0, 0.1) is 5.82 Å². The summed E-state index contributed by atoms with van der Waals surface area (Å²) in [6, 6.07) is 12.0. The standard InChI is InChI=1S/C20H17Cl2FN4/c21-17-6-5-16(11-18(17)22)26-7-9-27(10-8-26)20-13-24-12-19(25-20)14-1-3-15(23)4-2-14/h1-6,11-13H,7-10H2. The van der Waals surface area contributed by atoms with Crippen molar-refractivity contribution >= 4 is 34.7 Å². The van der Waals surface area contributed by atoms with E-state index in [0.717, 1.165) is 48.9 Å². The zero-order valence-electron chi connectivity index (χ0n) is 14.4. The van der Waals surface area contributed by atoms with Gasteiger partial charge in [0.2, 0.25) is 0 Å². The van der Waals surface area contributed by atoms with Gasteiger partial charge in [-0.25, -0.2) is 9.37 Å². The summed E-state index contributed by atoms with van der Waals surface area (Å²) in [7, 11) is 0. The van der Waals surface area contributed by atoms with E-state index in [1.807, 2.05) is 18.2 Å². The number of aromatic nitrogens is 2. The van der Waals surface area contributed by atoms with Crippen LogP contribution >= 0.6 is 23.2 Å². The molecule has 0 atom stereocenters. The van der Waals surface area contributed by atoms with Crippen molar-refractivity contribution in [3.63, 3.8) is 0 Å². The Kier molecular flexibility index (Phi) is 5.14. The fourth-order valence-corrected chi connectivity index (χ4v) is 3.44. The monoisotopic (exact) mass is 402 g/mol. The summed E-state index contributed by atoms with van der Waals surface area (Å²) in [4.78, 5) is 13.5. The van der Waals surface area contributed by atoms with E-state index in [0.29, 0.717) is 10.0 Å². The first-order chi connectivity index (χ1) is 13.1. The molecule has 0 spiro atoms. The average Bonchev–Trinajstić information content (AvgIpc) is 2.71. The summed E-state index contributed by atoms with van der Waals surface area (Å²) in [5.74, 6) is 0.562. The predicted molar refractivity (Wildman–Crippen MR) is 108 cm³/mol. The number of nitrogens with zero attached hydrogens (tertiary/aromatic N) is 4. The third kappa shape index (κ3) is 3.99. The summed E-state index contributed by atoms with van der Waals surface area (Å²) >= 11 is 12.1. The summed E-state index contributed by atoms with van der Waals surface area (Å²) in [6.07, 6.45) is 3.46. The van der Waals surface area contributed by atoms with Gasteiger partial charge in [0.1, 0.15) is 11.6 Å². The van der Waals surface area contributed by atoms with E-state index in [4.69, 9.17) is 28.2 Å². The number of piperazine rings is 1. The Morgan fingerprint density at radius 3 is 2.22 bits per heavy atom. The molecule has 0 unspecified atom stereocenters. The van der Waals surface area contributed by atoms with Crippen molar-refractivity contribution in [3.05, 3.63) is 70.7 Å². The maximum atomic E-state index is 13.1. The molecule has 4 rings (SSSR count). The number of halogens is 3. The van der Waals surface area contributed by atoms with Crippen LogP contribution in [-0.2, 0) is 0 Å². The van der Waals surface area contributed by atoms with Gasteiger partial charge in [0, 0.05) is 37.4 Å². The zero-order valence-corrected chi connectivity index (χ0v) is 16.0. The Morgan fingerprint density at radius 1 is 0.815 bits per heavy atom. The average molecular weight is 403 g/mol. The minimum Gasteiger partial charge on any atom is -0.368 e. The van der Waals surface area contributed by atoms with E-state index in [1.54, 1.807) is 24.5 Å². The van der Waals surface area contributed by atoms with Gasteiger partial charge in [-0.3, -0.25) is 4.98 Å². The van der Waals surface area contributed by atoms with Crippen LogP contribution in [0.5, 0.6) is 0 Å². The third-order valence-electron chi connectivity index (χ3n) is 4.63. The molecule has 7 heteroatoms. The van der Waals surface area contributed by atoms with E-state index in [9.17, 15) is 4.39 Å². The molecule has 0 N–H and O–H groups in total. The maximum absolute atomic E-state index is 13.1. The molecule has 2 aromatic carbocycles. The van der Waals surface area contributed by atoms with Crippen molar-refractivity contribution in [1.29, 1.82) is 0 Å². The van der Waals surface area contributed by atoms with Crippen LogP contribution < -0.4 is 9.80 Å². The number of hydrogen-bond acceptors (Lipinski definition) is 4. The lowest BCUT2D eigenvalue weighted by Gasteiger charge is -2.36. The van der Waals surface area contributed by atoms with Crippen molar-refractivity contribution in [2.24, 2.45) is 0 Å². The summed E-state index contributed by atoms with van der Waals surface area (Å²) in [6.45, 7) is 3.34. The van der Waals surface area contributed by atoms with E-state index < -0.39 is 0 Å². The SMILES string of the molecule is Fc1ccc(-c2cncc(N3CCN(c4ccc(Cl)c(Cl)c4)CC3)n2)cc1. The first-order valence-corrected chi connectivity index (χ1v) is 9.39. The van der Waals surface area contributed by atoms with Gasteiger partial charge in [0.25, 0.3) is 0 Å². The molecule has 0 radical (unpaired) electrons. The van der Waals surface area contributed by atoms with Gasteiger partial charge in [-0.15, -0.1) is 0 Å². The lowest BCUT2D eigenvalue weighted by atomic mass is 10.1. The Bertz CT molecular complexity index is 941. The second kappa shape index (κ2) is 7.71. The first kappa shape index (κ1) is 18.0. The first-order valence-electron chi connectivity index (χ1n) is 8.63. The molecule has 27 heavy (non-hydrogen) atoms. The molecule has 1 saturated heterocycles. The van der Waals surface area contributed by atoms with E-state index >= 15 is 0 Å².